The molecule has 0 aliphatic heterocycles. The van der Waals surface area contributed by atoms with Crippen LogP contribution in [0.3, 0.4) is 0 Å². The number of aryl methyl sites for hydroxylation is 3. The highest BCUT2D eigenvalue weighted by Crippen LogP contribution is 2.25. The Labute approximate surface area is 122 Å². The summed E-state index contributed by atoms with van der Waals surface area (Å²) in [6.07, 6.45) is 4.62. The predicted molar refractivity (Wildman–Crippen MR) is 79.6 cm³/mol. The monoisotopic (exact) mass is 289 g/mol. The van der Waals surface area contributed by atoms with E-state index in [-0.39, 0.29) is 11.8 Å². The first-order valence-electron chi connectivity index (χ1n) is 6.95. The van der Waals surface area contributed by atoms with Crippen molar-refractivity contribution in [2.24, 2.45) is 13.0 Å². The van der Waals surface area contributed by atoms with E-state index in [2.05, 4.69) is 28.8 Å². The van der Waals surface area contributed by atoms with E-state index < -0.39 is 0 Å². The second-order valence-electron chi connectivity index (χ2n) is 5.49. The number of carbonyl (C=O) groups excluding carboxylic acids is 1. The first kappa shape index (κ1) is 13.4. The van der Waals surface area contributed by atoms with E-state index in [4.69, 9.17) is 0 Å². The molecule has 4 nitrogen and oxygen atoms in total. The maximum atomic E-state index is 12.3. The van der Waals surface area contributed by atoms with Crippen molar-refractivity contribution in [3.63, 3.8) is 0 Å². The van der Waals surface area contributed by atoms with Gasteiger partial charge in [-0.1, -0.05) is 0 Å². The first-order valence-corrected chi connectivity index (χ1v) is 7.83. The zero-order chi connectivity index (χ0) is 14.1. The highest BCUT2D eigenvalue weighted by molar-refractivity contribution is 7.10. The molecule has 0 spiro atoms. The Morgan fingerprint density at radius 1 is 1.60 bits per heavy atom. The van der Waals surface area contributed by atoms with Crippen LogP contribution >= 0.6 is 11.3 Å². The molecule has 20 heavy (non-hydrogen) atoms. The Morgan fingerprint density at radius 3 is 3.20 bits per heavy atom. The number of amides is 1. The van der Waals surface area contributed by atoms with Crippen molar-refractivity contribution < 1.29 is 4.79 Å². The van der Waals surface area contributed by atoms with E-state index in [9.17, 15) is 4.79 Å². The van der Waals surface area contributed by atoms with E-state index in [1.807, 2.05) is 17.9 Å². The van der Waals surface area contributed by atoms with Crippen molar-refractivity contribution >= 4 is 17.2 Å². The van der Waals surface area contributed by atoms with Crippen molar-refractivity contribution in [3.05, 3.63) is 39.3 Å². The molecule has 1 N–H and O–H groups in total. The van der Waals surface area contributed by atoms with Gasteiger partial charge in [0.2, 0.25) is 5.91 Å². The Bertz CT molecular complexity index is 629. The van der Waals surface area contributed by atoms with E-state index in [1.54, 1.807) is 11.3 Å². The Morgan fingerprint density at radius 2 is 2.45 bits per heavy atom. The zero-order valence-electron chi connectivity index (χ0n) is 11.8. The summed E-state index contributed by atoms with van der Waals surface area (Å²) in [5, 5.41) is 9.46. The van der Waals surface area contributed by atoms with Crippen LogP contribution in [-0.2, 0) is 31.2 Å². The number of aromatic nitrogens is 2. The van der Waals surface area contributed by atoms with Gasteiger partial charge in [-0.15, -0.1) is 11.3 Å². The summed E-state index contributed by atoms with van der Waals surface area (Å²) in [6, 6.07) is 2.13. The van der Waals surface area contributed by atoms with Crippen LogP contribution in [0.25, 0.3) is 0 Å². The molecule has 1 aliphatic carbocycles. The highest BCUT2D eigenvalue weighted by atomic mass is 32.1. The fraction of sp³-hybridized carbons (Fsp3) is 0.467. The molecule has 5 heteroatoms. The minimum atomic E-state index is 0.0824. The lowest BCUT2D eigenvalue weighted by atomic mass is 9.87. The number of fused-ring (bicyclic) bond motifs is 1. The van der Waals surface area contributed by atoms with E-state index in [1.165, 1.54) is 21.7 Å². The van der Waals surface area contributed by atoms with E-state index in [0.717, 1.165) is 19.3 Å². The van der Waals surface area contributed by atoms with Crippen molar-refractivity contribution in [3.8, 4) is 0 Å². The molecule has 2 aromatic rings. The standard InChI is InChI=1S/C15H19N3OS/c1-10-5-13(20-9-10)8-16-15(19)11-3-4-12-7-17-18(2)14(12)6-11/h5,7,9,11H,3-4,6,8H2,1-2H3,(H,16,19). The Kier molecular flexibility index (Phi) is 3.61. The first-order chi connectivity index (χ1) is 9.63. The summed E-state index contributed by atoms with van der Waals surface area (Å²) in [6.45, 7) is 2.72. The van der Waals surface area contributed by atoms with Gasteiger partial charge in [0.25, 0.3) is 0 Å². The van der Waals surface area contributed by atoms with Crippen LogP contribution < -0.4 is 5.32 Å². The SMILES string of the molecule is Cc1csc(CNC(=O)C2CCc3cnn(C)c3C2)c1. The molecular weight excluding hydrogens is 270 g/mol. The summed E-state index contributed by atoms with van der Waals surface area (Å²) in [7, 11) is 1.95. The summed E-state index contributed by atoms with van der Waals surface area (Å²) in [5.41, 5.74) is 3.77. The lowest BCUT2D eigenvalue weighted by molar-refractivity contribution is -0.125. The van der Waals surface area contributed by atoms with Gasteiger partial charge in [0.15, 0.2) is 0 Å². The van der Waals surface area contributed by atoms with Crippen LogP contribution in [0.4, 0.5) is 0 Å². The molecule has 2 heterocycles. The van der Waals surface area contributed by atoms with Crippen LogP contribution in [0, 0.1) is 12.8 Å². The van der Waals surface area contributed by atoms with Crippen LogP contribution in [0.15, 0.2) is 17.6 Å². The van der Waals surface area contributed by atoms with Gasteiger partial charge in [-0.2, -0.15) is 5.10 Å². The molecule has 1 aliphatic rings. The lowest BCUT2D eigenvalue weighted by Gasteiger charge is -2.21. The number of hydrogen-bond acceptors (Lipinski definition) is 3. The quantitative estimate of drug-likeness (QED) is 0.941. The van der Waals surface area contributed by atoms with Gasteiger partial charge in [0, 0.05) is 30.0 Å². The highest BCUT2D eigenvalue weighted by Gasteiger charge is 2.26. The summed E-state index contributed by atoms with van der Waals surface area (Å²) in [4.78, 5) is 13.5. The summed E-state index contributed by atoms with van der Waals surface area (Å²) >= 11 is 1.70. The molecule has 3 rings (SSSR count). The fourth-order valence-electron chi connectivity index (χ4n) is 2.77. The molecule has 0 radical (unpaired) electrons. The van der Waals surface area contributed by atoms with Crippen LogP contribution in [0.2, 0.25) is 0 Å². The fourth-order valence-corrected chi connectivity index (χ4v) is 3.59. The topological polar surface area (TPSA) is 46.9 Å². The molecule has 1 atom stereocenters. The third kappa shape index (κ3) is 2.63. The average molecular weight is 289 g/mol. The molecule has 0 fully saturated rings. The smallest absolute Gasteiger partial charge is 0.223 e. The molecular formula is C15H19N3OS. The third-order valence-electron chi connectivity index (χ3n) is 3.94. The van der Waals surface area contributed by atoms with Crippen molar-refractivity contribution in [2.75, 3.05) is 0 Å². The maximum Gasteiger partial charge on any atom is 0.223 e. The van der Waals surface area contributed by atoms with Crippen LogP contribution in [0.5, 0.6) is 0 Å². The van der Waals surface area contributed by atoms with Crippen molar-refractivity contribution in [1.82, 2.24) is 15.1 Å². The predicted octanol–water partition coefficient (Wildman–Crippen LogP) is 2.21. The van der Waals surface area contributed by atoms with Crippen molar-refractivity contribution in [2.45, 2.75) is 32.7 Å². The molecule has 0 saturated carbocycles. The number of hydrogen-bond donors (Lipinski definition) is 1. The van der Waals surface area contributed by atoms with E-state index >= 15 is 0 Å². The van der Waals surface area contributed by atoms with Gasteiger partial charge in [0.05, 0.1) is 12.7 Å². The summed E-state index contributed by atoms with van der Waals surface area (Å²) in [5.74, 6) is 0.252. The molecule has 1 amide bonds. The Hall–Kier alpha value is -1.62. The van der Waals surface area contributed by atoms with Crippen LogP contribution in [-0.4, -0.2) is 15.7 Å². The Balaban J connectivity index is 1.60. The second-order valence-corrected chi connectivity index (χ2v) is 6.48. The second kappa shape index (κ2) is 5.40. The normalized spacial score (nSPS) is 17.8. The number of nitrogens with one attached hydrogen (secondary N) is 1. The minimum absolute atomic E-state index is 0.0824. The van der Waals surface area contributed by atoms with Crippen molar-refractivity contribution in [1.29, 1.82) is 0 Å². The average Bonchev–Trinajstić information content (AvgIpc) is 3.03. The summed E-state index contributed by atoms with van der Waals surface area (Å²) < 4.78 is 1.90. The van der Waals surface area contributed by atoms with Gasteiger partial charge >= 0.3 is 0 Å². The number of thiophene rings is 1. The van der Waals surface area contributed by atoms with Gasteiger partial charge in [-0.05, 0) is 42.3 Å². The zero-order valence-corrected chi connectivity index (χ0v) is 12.7. The lowest BCUT2D eigenvalue weighted by Crippen LogP contribution is -2.33. The number of rotatable bonds is 3. The number of nitrogens with zero attached hydrogens (tertiary/aromatic N) is 2. The molecule has 0 saturated heterocycles. The van der Waals surface area contributed by atoms with Crippen LogP contribution in [0.1, 0.15) is 28.1 Å². The molecule has 1 unspecified atom stereocenters. The molecule has 2 aromatic heterocycles. The number of carbonyl (C=O) groups is 1. The maximum absolute atomic E-state index is 12.3. The molecule has 0 bridgehead atoms. The van der Waals surface area contributed by atoms with Gasteiger partial charge in [0.1, 0.15) is 0 Å². The van der Waals surface area contributed by atoms with Gasteiger partial charge < -0.3 is 5.32 Å². The van der Waals surface area contributed by atoms with Gasteiger partial charge in [-0.3, -0.25) is 9.48 Å². The third-order valence-corrected chi connectivity index (χ3v) is 5.00. The largest absolute Gasteiger partial charge is 0.351 e. The van der Waals surface area contributed by atoms with Gasteiger partial charge in [-0.25, -0.2) is 0 Å². The molecule has 106 valence electrons. The molecule has 0 aromatic carbocycles. The minimum Gasteiger partial charge on any atom is -0.351 e. The van der Waals surface area contributed by atoms with E-state index in [0.29, 0.717) is 6.54 Å².